The summed E-state index contributed by atoms with van der Waals surface area (Å²) in [5.41, 5.74) is 4.69. The molecule has 0 aliphatic heterocycles. The Morgan fingerprint density at radius 2 is 1.92 bits per heavy atom. The number of carbonyl (C=O) groups is 1. The predicted octanol–water partition coefficient (Wildman–Crippen LogP) is 2.89. The number of methoxy groups -OCH3 is 1. The van der Waals surface area contributed by atoms with Gasteiger partial charge in [-0.25, -0.2) is 9.97 Å². The van der Waals surface area contributed by atoms with E-state index in [0.29, 0.717) is 5.82 Å². The molecule has 1 aromatic carbocycles. The summed E-state index contributed by atoms with van der Waals surface area (Å²) in [5, 5.41) is 3.39. The number of carbonyl (C=O) groups excluding carboxylic acids is 1. The van der Waals surface area contributed by atoms with Gasteiger partial charge in [-0.3, -0.25) is 4.79 Å². The second-order valence-corrected chi connectivity index (χ2v) is 6.45. The maximum atomic E-state index is 12.0. The third-order valence-corrected chi connectivity index (χ3v) is 4.33. The number of anilines is 2. The van der Waals surface area contributed by atoms with Crippen LogP contribution in [0.2, 0.25) is 0 Å². The van der Waals surface area contributed by atoms with Crippen LogP contribution in [0.25, 0.3) is 11.0 Å². The number of fused-ring (bicyclic) bond motifs is 1. The van der Waals surface area contributed by atoms with E-state index < -0.39 is 0 Å². The monoisotopic (exact) mass is 353 g/mol. The lowest BCUT2D eigenvalue weighted by molar-refractivity contribution is -0.129. The molecule has 0 aliphatic carbocycles. The fourth-order valence-electron chi connectivity index (χ4n) is 2.85. The molecule has 3 aromatic rings. The number of likely N-dealkylation sites (N-methyl/N-ethyl adjacent to an activating group) is 1. The Balaban J connectivity index is 1.97. The molecule has 136 valence electrons. The van der Waals surface area contributed by atoms with Gasteiger partial charge in [-0.1, -0.05) is 0 Å². The molecule has 7 heteroatoms. The highest BCUT2D eigenvalue weighted by Gasteiger charge is 2.14. The summed E-state index contributed by atoms with van der Waals surface area (Å²) < 4.78 is 7.15. The van der Waals surface area contributed by atoms with Gasteiger partial charge in [0, 0.05) is 26.0 Å². The summed E-state index contributed by atoms with van der Waals surface area (Å²) in [5.74, 6) is 1.50. The van der Waals surface area contributed by atoms with E-state index in [2.05, 4.69) is 15.3 Å². The minimum absolute atomic E-state index is 0.0115. The van der Waals surface area contributed by atoms with Gasteiger partial charge in [0.25, 0.3) is 0 Å². The molecule has 26 heavy (non-hydrogen) atoms. The lowest BCUT2D eigenvalue weighted by Crippen LogP contribution is -2.25. The number of aryl methyl sites for hydroxylation is 2. The van der Waals surface area contributed by atoms with E-state index >= 15 is 0 Å². The minimum Gasteiger partial charge on any atom is -0.497 e. The Labute approximate surface area is 152 Å². The normalized spacial score (nSPS) is 10.8. The number of nitrogens with one attached hydrogen (secondary N) is 1. The maximum absolute atomic E-state index is 12.0. The molecular formula is C19H23N5O2. The zero-order chi connectivity index (χ0) is 18.8. The Kier molecular flexibility index (Phi) is 4.79. The van der Waals surface area contributed by atoms with Crippen LogP contribution in [0, 0.1) is 13.8 Å². The molecule has 1 N–H and O–H groups in total. The van der Waals surface area contributed by atoms with Crippen LogP contribution in [0.1, 0.15) is 11.1 Å². The first-order valence-electron chi connectivity index (χ1n) is 8.33. The minimum atomic E-state index is 0.0115. The van der Waals surface area contributed by atoms with Gasteiger partial charge in [-0.2, -0.15) is 0 Å². The smallest absolute Gasteiger partial charge is 0.242 e. The quantitative estimate of drug-likeness (QED) is 0.764. The Hall–Kier alpha value is -3.09. The number of aromatic nitrogens is 3. The standard InChI is InChI=1S/C19H23N5O2/c1-12-8-14(26-5)9-13(2)17(12)22-19-18-15(6-7-20-19)24(11-21-18)10-16(25)23(3)4/h6-9,11H,10H2,1-5H3,(H,20,22). The van der Waals surface area contributed by atoms with E-state index in [1.807, 2.05) is 36.6 Å². The first-order valence-corrected chi connectivity index (χ1v) is 8.33. The number of ether oxygens (including phenoxy) is 1. The first kappa shape index (κ1) is 17.7. The number of benzene rings is 1. The lowest BCUT2D eigenvalue weighted by Gasteiger charge is -2.14. The van der Waals surface area contributed by atoms with E-state index in [1.54, 1.807) is 38.6 Å². The summed E-state index contributed by atoms with van der Waals surface area (Å²) in [4.78, 5) is 22.5. The molecule has 2 heterocycles. The zero-order valence-electron chi connectivity index (χ0n) is 15.7. The average Bonchev–Trinajstić information content (AvgIpc) is 3.01. The van der Waals surface area contributed by atoms with Crippen LogP contribution in [0.15, 0.2) is 30.7 Å². The van der Waals surface area contributed by atoms with Gasteiger partial charge in [0.05, 0.1) is 19.0 Å². The molecule has 2 aromatic heterocycles. The van der Waals surface area contributed by atoms with Gasteiger partial charge in [0.1, 0.15) is 17.8 Å². The van der Waals surface area contributed by atoms with Crippen molar-refractivity contribution in [3.8, 4) is 5.75 Å². The van der Waals surface area contributed by atoms with Crippen LogP contribution in [-0.2, 0) is 11.3 Å². The van der Waals surface area contributed by atoms with Gasteiger partial charge >= 0.3 is 0 Å². The van der Waals surface area contributed by atoms with Crippen molar-refractivity contribution in [2.75, 3.05) is 26.5 Å². The van der Waals surface area contributed by atoms with Gasteiger partial charge in [0.15, 0.2) is 5.82 Å². The number of nitrogens with zero attached hydrogens (tertiary/aromatic N) is 4. The van der Waals surface area contributed by atoms with E-state index in [4.69, 9.17) is 4.74 Å². The largest absolute Gasteiger partial charge is 0.497 e. The molecule has 7 nitrogen and oxygen atoms in total. The number of rotatable bonds is 5. The van der Waals surface area contributed by atoms with Crippen molar-refractivity contribution < 1.29 is 9.53 Å². The third-order valence-electron chi connectivity index (χ3n) is 4.33. The van der Waals surface area contributed by atoms with Crippen LogP contribution < -0.4 is 10.1 Å². The highest BCUT2D eigenvalue weighted by molar-refractivity contribution is 5.89. The molecule has 0 fully saturated rings. The molecule has 0 spiro atoms. The molecule has 3 rings (SSSR count). The Morgan fingerprint density at radius 1 is 1.23 bits per heavy atom. The molecule has 0 saturated heterocycles. The molecule has 0 radical (unpaired) electrons. The number of hydrogen-bond donors (Lipinski definition) is 1. The molecular weight excluding hydrogens is 330 g/mol. The van der Waals surface area contributed by atoms with Crippen molar-refractivity contribution in [1.29, 1.82) is 0 Å². The topological polar surface area (TPSA) is 72.3 Å². The van der Waals surface area contributed by atoms with Crippen LogP contribution in [0.3, 0.4) is 0 Å². The Morgan fingerprint density at radius 3 is 2.54 bits per heavy atom. The fraction of sp³-hybridized carbons (Fsp3) is 0.316. The van der Waals surface area contributed by atoms with E-state index in [0.717, 1.165) is 33.6 Å². The number of imidazole rings is 1. The molecule has 0 saturated carbocycles. The SMILES string of the molecule is COc1cc(C)c(Nc2nccc3c2ncn3CC(=O)N(C)C)c(C)c1. The van der Waals surface area contributed by atoms with Crippen molar-refractivity contribution in [2.24, 2.45) is 0 Å². The Bertz CT molecular complexity index is 939. The summed E-state index contributed by atoms with van der Waals surface area (Å²) in [7, 11) is 5.14. The summed E-state index contributed by atoms with van der Waals surface area (Å²) in [6.45, 7) is 4.28. The van der Waals surface area contributed by atoms with Gasteiger partial charge < -0.3 is 19.5 Å². The molecule has 0 aliphatic rings. The van der Waals surface area contributed by atoms with Crippen LogP contribution in [0.4, 0.5) is 11.5 Å². The number of amides is 1. The second-order valence-electron chi connectivity index (χ2n) is 6.45. The summed E-state index contributed by atoms with van der Waals surface area (Å²) >= 11 is 0. The van der Waals surface area contributed by atoms with Crippen LogP contribution >= 0.6 is 0 Å². The maximum Gasteiger partial charge on any atom is 0.242 e. The van der Waals surface area contributed by atoms with Crippen molar-refractivity contribution in [3.05, 3.63) is 41.9 Å². The van der Waals surface area contributed by atoms with Gasteiger partial charge in [-0.05, 0) is 43.2 Å². The van der Waals surface area contributed by atoms with Crippen molar-refractivity contribution in [1.82, 2.24) is 19.4 Å². The van der Waals surface area contributed by atoms with Crippen molar-refractivity contribution >= 4 is 28.4 Å². The molecule has 0 atom stereocenters. The highest BCUT2D eigenvalue weighted by Crippen LogP contribution is 2.30. The van der Waals surface area contributed by atoms with Crippen LogP contribution in [0.5, 0.6) is 5.75 Å². The number of hydrogen-bond acceptors (Lipinski definition) is 5. The van der Waals surface area contributed by atoms with Crippen molar-refractivity contribution in [2.45, 2.75) is 20.4 Å². The third kappa shape index (κ3) is 3.33. The van der Waals surface area contributed by atoms with E-state index in [9.17, 15) is 4.79 Å². The van der Waals surface area contributed by atoms with E-state index in [-0.39, 0.29) is 12.5 Å². The molecule has 1 amide bonds. The summed E-state index contributed by atoms with van der Waals surface area (Å²) in [6, 6.07) is 5.82. The lowest BCUT2D eigenvalue weighted by atomic mass is 10.1. The molecule has 0 unspecified atom stereocenters. The fourth-order valence-corrected chi connectivity index (χ4v) is 2.85. The van der Waals surface area contributed by atoms with Crippen molar-refractivity contribution in [3.63, 3.8) is 0 Å². The summed E-state index contributed by atoms with van der Waals surface area (Å²) in [6.07, 6.45) is 3.39. The number of pyridine rings is 1. The van der Waals surface area contributed by atoms with E-state index in [1.165, 1.54) is 0 Å². The first-order chi connectivity index (χ1) is 12.4. The average molecular weight is 353 g/mol. The van der Waals surface area contributed by atoms with Gasteiger partial charge in [0.2, 0.25) is 5.91 Å². The van der Waals surface area contributed by atoms with Crippen LogP contribution in [-0.4, -0.2) is 46.5 Å². The molecule has 0 bridgehead atoms. The highest BCUT2D eigenvalue weighted by atomic mass is 16.5. The zero-order valence-corrected chi connectivity index (χ0v) is 15.7. The second kappa shape index (κ2) is 7.03. The predicted molar refractivity (Wildman–Crippen MR) is 102 cm³/mol. The van der Waals surface area contributed by atoms with Gasteiger partial charge in [-0.15, -0.1) is 0 Å².